The summed E-state index contributed by atoms with van der Waals surface area (Å²) < 4.78 is 8.82. The summed E-state index contributed by atoms with van der Waals surface area (Å²) in [7, 11) is 0. The van der Waals surface area contributed by atoms with Gasteiger partial charge in [-0.3, -0.25) is 4.90 Å². The molecule has 9 heterocycles. The van der Waals surface area contributed by atoms with Crippen LogP contribution in [0.4, 0.5) is 29.2 Å². The number of nitrogens with zero attached hydrogens (tertiary/aromatic N) is 13. The highest BCUT2D eigenvalue weighted by atomic mass is 16.7. The number of nitrogens with one attached hydrogen (secondary N) is 3. The predicted octanol–water partition coefficient (Wildman–Crippen LogP) is 19.1. The maximum atomic E-state index is 6.31. The molecule has 6 aromatic carbocycles. The van der Waals surface area contributed by atoms with E-state index in [1.807, 2.05) is 53.3 Å². The van der Waals surface area contributed by atoms with Gasteiger partial charge >= 0.3 is 0 Å². The van der Waals surface area contributed by atoms with E-state index in [-0.39, 0.29) is 0 Å². The van der Waals surface area contributed by atoms with Crippen LogP contribution < -0.4 is 43.7 Å². The van der Waals surface area contributed by atoms with E-state index < -0.39 is 0 Å². The zero-order valence-corrected chi connectivity index (χ0v) is 69.9. The Balaban J connectivity index is 0.000000142. The fourth-order valence-electron chi connectivity index (χ4n) is 15.2. The molecule has 0 amide bonds. The highest BCUT2D eigenvalue weighted by Crippen LogP contribution is 2.34. The zero-order valence-electron chi connectivity index (χ0n) is 69.9. The molecule has 0 radical (unpaired) electrons. The second kappa shape index (κ2) is 41.0. The van der Waals surface area contributed by atoms with E-state index in [2.05, 4.69) is 238 Å². The average molecular weight is 1550 g/mol. The van der Waals surface area contributed by atoms with E-state index in [4.69, 9.17) is 42.7 Å². The molecular weight excluding hydrogens is 1430 g/mol. The van der Waals surface area contributed by atoms with Crippen molar-refractivity contribution in [1.29, 1.82) is 0 Å². The van der Waals surface area contributed by atoms with Crippen LogP contribution in [0.15, 0.2) is 158 Å². The molecule has 8 aromatic heterocycles. The van der Waals surface area contributed by atoms with Crippen LogP contribution in [0.3, 0.4) is 0 Å². The summed E-state index contributed by atoms with van der Waals surface area (Å²) in [5, 5.41) is 13.6. The largest absolute Gasteiger partial charge is 0.412 e. The average Bonchev–Trinajstić information content (AvgIpc) is 1.62. The maximum Gasteiger partial charge on any atom is 0.222 e. The van der Waals surface area contributed by atoms with E-state index >= 15 is 0 Å². The number of pyridine rings is 3. The van der Waals surface area contributed by atoms with Crippen molar-refractivity contribution in [2.75, 3.05) is 54.5 Å². The lowest BCUT2D eigenvalue weighted by atomic mass is 10.1. The molecule has 15 rings (SSSR count). The molecule has 0 saturated carbocycles. The maximum absolute atomic E-state index is 6.31. The number of para-hydroxylation sites is 3. The normalized spacial score (nSPS) is 12.5. The zero-order chi connectivity index (χ0) is 80.7. The molecule has 21 nitrogen and oxygen atoms in total. The number of imidazole rings is 3. The predicted molar refractivity (Wildman–Crippen MR) is 479 cm³/mol. The number of rotatable bonds is 34. The van der Waals surface area contributed by atoms with E-state index in [0.29, 0.717) is 42.1 Å². The Morgan fingerprint density at radius 2 is 0.870 bits per heavy atom. The van der Waals surface area contributed by atoms with Gasteiger partial charge in [0.15, 0.2) is 23.3 Å². The highest BCUT2D eigenvalue weighted by molar-refractivity contribution is 6.08. The molecule has 606 valence electrons. The van der Waals surface area contributed by atoms with Gasteiger partial charge in [-0.2, -0.15) is 9.71 Å². The molecule has 1 fully saturated rings. The van der Waals surface area contributed by atoms with Crippen LogP contribution in [0.1, 0.15) is 210 Å². The van der Waals surface area contributed by atoms with Gasteiger partial charge in [0.2, 0.25) is 5.95 Å². The second-order valence-electron chi connectivity index (χ2n) is 32.0. The third-order valence-electron chi connectivity index (χ3n) is 21.4. The fraction of sp³-hybridized carbons (Fsp3) is 0.426. The molecule has 0 aliphatic carbocycles. The third-order valence-corrected chi connectivity index (χ3v) is 21.4. The molecule has 14 aromatic rings. The quantitative estimate of drug-likeness (QED) is 0.0185. The molecule has 0 atom stereocenters. The van der Waals surface area contributed by atoms with Crippen LogP contribution in [0.25, 0.3) is 76.8 Å². The monoisotopic (exact) mass is 1550 g/mol. The number of hydrogen-bond acceptors (Lipinski definition) is 17. The number of anilines is 5. The van der Waals surface area contributed by atoms with Crippen LogP contribution in [0.2, 0.25) is 0 Å². The topological polar surface area (TPSA) is 275 Å². The molecule has 1 saturated heterocycles. The van der Waals surface area contributed by atoms with Crippen LogP contribution in [-0.2, 0) is 58.5 Å². The number of nitrogens with two attached hydrogens (primary N) is 4. The van der Waals surface area contributed by atoms with Crippen molar-refractivity contribution in [3.63, 3.8) is 0 Å². The summed E-state index contributed by atoms with van der Waals surface area (Å²) in [5.74, 6) is 6.52. The smallest absolute Gasteiger partial charge is 0.222 e. The molecule has 0 spiro atoms. The van der Waals surface area contributed by atoms with Gasteiger partial charge in [-0.15, -0.1) is 0 Å². The number of benzene rings is 6. The van der Waals surface area contributed by atoms with Gasteiger partial charge in [0.05, 0.1) is 33.1 Å². The van der Waals surface area contributed by atoms with Gasteiger partial charge in [-0.25, -0.2) is 34.9 Å². The van der Waals surface area contributed by atoms with Gasteiger partial charge in [0.1, 0.15) is 51.7 Å². The number of nitrogen functional groups attached to an aromatic ring is 4. The lowest BCUT2D eigenvalue weighted by Crippen LogP contribution is -2.21. The molecule has 1 aliphatic heterocycles. The lowest BCUT2D eigenvalue weighted by molar-refractivity contribution is 0.108. The van der Waals surface area contributed by atoms with Gasteiger partial charge in [0, 0.05) is 99.5 Å². The van der Waals surface area contributed by atoms with Crippen molar-refractivity contribution in [2.45, 2.75) is 230 Å². The van der Waals surface area contributed by atoms with Crippen molar-refractivity contribution in [2.24, 2.45) is 5.92 Å². The van der Waals surface area contributed by atoms with Crippen LogP contribution in [0, 0.1) is 5.92 Å². The van der Waals surface area contributed by atoms with Gasteiger partial charge in [0.25, 0.3) is 0 Å². The standard InChI is InChI=1S/2C25H31N5.C22H30N6.C22H32N4O/c2*1-4-5-10-22-29-23-24(20-8-6-7-9-21(20)28-25(23)26)30(22)16-19-13-11-18(12-14-19)15-27-17(2)3;1-2-3-10-24-21-20-19(25-22(23)26-21)9-13-28(20)16-18-8-6-7-17(14-18)15-27-11-4-5-12-27;1-4-5-14-19-25-20-21(17-12-8-9-13-18(17)24-22(20)23)26(19)27-15-10-6-7-11-16(2)3/h2*6-9,11-14,17,27H,4-5,10,15-16H2,1-3H3,(H2,26,28);6-9,13-14H,2-5,10-12,15-16H2,1H3,(H3,23,24,25,26);8-9,12-13,16H,4-7,10-11,14-15H2,1-3H3,(H2,23,24). The minimum Gasteiger partial charge on any atom is -0.412 e. The van der Waals surface area contributed by atoms with E-state index in [1.165, 1.54) is 78.6 Å². The first-order valence-corrected chi connectivity index (χ1v) is 42.5. The lowest BCUT2D eigenvalue weighted by Gasteiger charge is -2.16. The Labute approximate surface area is 679 Å². The number of fused-ring (bicyclic) bond motifs is 10. The number of unbranched alkanes of at least 4 members (excludes halogenated alkanes) is 6. The Morgan fingerprint density at radius 3 is 1.37 bits per heavy atom. The fourth-order valence-corrected chi connectivity index (χ4v) is 15.2. The summed E-state index contributed by atoms with van der Waals surface area (Å²) in [4.78, 5) is 46.0. The summed E-state index contributed by atoms with van der Waals surface area (Å²) in [6.45, 7) is 31.2. The molecule has 0 unspecified atom stereocenters. The molecule has 11 N–H and O–H groups in total. The molecule has 1 aliphatic rings. The van der Waals surface area contributed by atoms with Crippen LogP contribution in [0.5, 0.6) is 0 Å². The van der Waals surface area contributed by atoms with E-state index in [1.54, 1.807) is 0 Å². The molecular formula is C94H124N20O. The van der Waals surface area contributed by atoms with Crippen molar-refractivity contribution >= 4 is 106 Å². The Hall–Kier alpha value is -10.7. The number of hydrogen-bond donors (Lipinski definition) is 7. The van der Waals surface area contributed by atoms with Crippen LogP contribution in [-0.4, -0.2) is 102 Å². The summed E-state index contributed by atoms with van der Waals surface area (Å²) in [6, 6.07) is 54.1. The Kier molecular flexibility index (Phi) is 29.8. The van der Waals surface area contributed by atoms with Gasteiger partial charge in [-0.1, -0.05) is 235 Å². The van der Waals surface area contributed by atoms with Crippen molar-refractivity contribution in [1.82, 2.24) is 73.8 Å². The van der Waals surface area contributed by atoms with Crippen LogP contribution >= 0.6 is 0 Å². The van der Waals surface area contributed by atoms with Gasteiger partial charge in [-0.05, 0) is 128 Å². The number of aromatic nitrogens is 12. The van der Waals surface area contributed by atoms with Crippen molar-refractivity contribution in [3.05, 3.63) is 209 Å². The molecule has 115 heavy (non-hydrogen) atoms. The summed E-state index contributed by atoms with van der Waals surface area (Å²) >= 11 is 0. The van der Waals surface area contributed by atoms with Gasteiger partial charge < -0.3 is 57.4 Å². The first kappa shape index (κ1) is 83.7. The SMILES string of the molecule is CCCCNc1nc(N)nc2ccn(Cc3cccc(CN4CCCC4)c3)c12.CCCCc1nc2c(N)nc3ccccc3c2n1Cc1ccc(CNC(C)C)cc1.CCCCc1nc2c(N)nc3ccccc3c2n1Cc1ccc(CNC(C)C)cc1.CCCCc1nc2c(N)nc3ccccc3c2n1OCCCCCC(C)C. The Bertz CT molecular complexity index is 5250. The van der Waals surface area contributed by atoms with Crippen molar-refractivity contribution < 1.29 is 4.84 Å². The second-order valence-corrected chi connectivity index (χ2v) is 32.0. The summed E-state index contributed by atoms with van der Waals surface area (Å²) in [5.41, 5.74) is 42.7. The number of aryl methyl sites for hydroxylation is 3. The first-order chi connectivity index (χ1) is 56.0. The Morgan fingerprint density at radius 1 is 0.409 bits per heavy atom. The minimum atomic E-state index is 0.317. The highest BCUT2D eigenvalue weighted by Gasteiger charge is 2.23. The minimum absolute atomic E-state index is 0.317. The first-order valence-electron chi connectivity index (χ1n) is 42.5. The molecule has 0 bridgehead atoms. The number of likely N-dealkylation sites (tertiary alicyclic amines) is 1. The third kappa shape index (κ3) is 21.8. The molecule has 21 heteroatoms. The summed E-state index contributed by atoms with van der Waals surface area (Å²) in [6.07, 6.45) is 21.2. The van der Waals surface area contributed by atoms with Crippen molar-refractivity contribution in [3.8, 4) is 0 Å². The van der Waals surface area contributed by atoms with E-state index in [0.717, 1.165) is 229 Å². The van der Waals surface area contributed by atoms with E-state index in [9.17, 15) is 0 Å².